The molecule has 4 bridgehead atoms. The molecular weight excluding hydrogens is 496 g/mol. The predicted molar refractivity (Wildman–Crippen MR) is 118 cm³/mol. The Balaban J connectivity index is 1.79. The average molecular weight is 521 g/mol. The molecule has 0 spiro atoms. The van der Waals surface area contributed by atoms with E-state index in [-0.39, 0.29) is 22.9 Å². The number of piperidine rings is 1. The van der Waals surface area contributed by atoms with Gasteiger partial charge in [0.2, 0.25) is 5.91 Å². The number of rotatable bonds is 2. The van der Waals surface area contributed by atoms with Gasteiger partial charge in [-0.1, -0.05) is 0 Å². The molecule has 14 heteroatoms. The van der Waals surface area contributed by atoms with E-state index >= 15 is 0 Å². The summed E-state index contributed by atoms with van der Waals surface area (Å²) < 4.78 is 86.4. The fourth-order valence-corrected chi connectivity index (χ4v) is 4.66. The van der Waals surface area contributed by atoms with Crippen molar-refractivity contribution in [1.82, 2.24) is 15.2 Å². The molecule has 0 saturated carbocycles. The lowest BCUT2D eigenvalue weighted by Crippen LogP contribution is -2.61. The normalized spacial score (nSPS) is 26.4. The monoisotopic (exact) mass is 520 g/mol. The molecule has 2 N–H and O–H groups in total. The molecule has 3 atom stereocenters. The molecule has 2 aromatic rings. The number of alkyl halides is 4. The maximum absolute atomic E-state index is 14.7. The van der Waals surface area contributed by atoms with Crippen molar-refractivity contribution in [3.05, 3.63) is 24.4 Å². The summed E-state index contributed by atoms with van der Waals surface area (Å²) in [5.74, 6) is -1.55. The van der Waals surface area contributed by atoms with Gasteiger partial charge in [0.05, 0.1) is 29.5 Å². The summed E-state index contributed by atoms with van der Waals surface area (Å²) in [6.07, 6.45) is 0.838. The summed E-state index contributed by atoms with van der Waals surface area (Å²) in [6.45, 7) is 1.26. The van der Waals surface area contributed by atoms with Gasteiger partial charge in [-0.05, 0) is 45.0 Å². The van der Waals surface area contributed by atoms with Gasteiger partial charge in [-0.3, -0.25) is 14.7 Å². The number of anilines is 1. The van der Waals surface area contributed by atoms with E-state index in [0.717, 1.165) is 6.07 Å². The van der Waals surface area contributed by atoms with Crippen LogP contribution in [0.5, 0.6) is 11.5 Å². The molecule has 0 radical (unpaired) electrons. The molecule has 1 aromatic carbocycles. The molecule has 1 aromatic heterocycles. The zero-order valence-electron chi connectivity index (χ0n) is 18.9. The Morgan fingerprint density at radius 1 is 1.31 bits per heavy atom. The first-order chi connectivity index (χ1) is 16.3. The molecule has 2 aliphatic heterocycles. The minimum Gasteiger partial charge on any atom is -0.486 e. The van der Waals surface area contributed by atoms with Crippen LogP contribution in [0.2, 0.25) is 0 Å². The molecule has 0 aliphatic carbocycles. The lowest BCUT2D eigenvalue weighted by atomic mass is 9.84. The molecule has 3 unspecified atom stereocenters. The zero-order chi connectivity index (χ0) is 25.6. The number of carbonyl (C=O) groups excluding carboxylic acids is 1. The quantitative estimate of drug-likeness (QED) is 0.353. The third-order valence-electron chi connectivity index (χ3n) is 6.31. The van der Waals surface area contributed by atoms with Gasteiger partial charge in [0.15, 0.2) is 17.7 Å². The molecule has 1 saturated heterocycles. The lowest BCUT2D eigenvalue weighted by molar-refractivity contribution is -0.134. The Morgan fingerprint density at radius 3 is 2.77 bits per heavy atom. The van der Waals surface area contributed by atoms with E-state index in [1.54, 1.807) is 6.92 Å². The van der Waals surface area contributed by atoms with Gasteiger partial charge in [0, 0.05) is 18.0 Å². The van der Waals surface area contributed by atoms with Crippen molar-refractivity contribution in [2.75, 3.05) is 32.1 Å². The molecule has 9 nitrogen and oxygen atoms in total. The van der Waals surface area contributed by atoms with Gasteiger partial charge in [-0.15, -0.1) is 0 Å². The molecular formula is C21H24F4N4O5S. The van der Waals surface area contributed by atoms with Crippen molar-refractivity contribution >= 4 is 32.6 Å². The molecule has 1 fully saturated rings. The number of halogens is 4. The number of carbonyl (C=O) groups is 1. The number of ether oxygens (including phenoxy) is 1. The first kappa shape index (κ1) is 25.2. The highest BCUT2D eigenvalue weighted by Gasteiger charge is 2.49. The minimum atomic E-state index is -6.01. The molecule has 1 amide bonds. The molecule has 2 aliphatic rings. The Labute approximate surface area is 198 Å². The van der Waals surface area contributed by atoms with Crippen molar-refractivity contribution in [1.29, 1.82) is 0 Å². The number of fused-ring (bicyclic) bond motifs is 3. The van der Waals surface area contributed by atoms with E-state index in [9.17, 15) is 30.8 Å². The Morgan fingerprint density at radius 2 is 2.06 bits per heavy atom. The van der Waals surface area contributed by atoms with Crippen molar-refractivity contribution < 1.29 is 39.7 Å². The van der Waals surface area contributed by atoms with Crippen LogP contribution in [0, 0.1) is 0 Å². The van der Waals surface area contributed by atoms with Crippen molar-refractivity contribution in [2.45, 2.75) is 43.0 Å². The van der Waals surface area contributed by atoms with Crippen LogP contribution < -0.4 is 19.6 Å². The number of amides is 1. The molecule has 192 valence electrons. The standard InChI is InChI=1S/C21H24F4N4O5S/c1-20-8-13(5-6-29(20)2)28-14-7-15-16(26-10-14)3-4-17(34-35(31,32)21(23,24)25)18(15)33-11-12(22)9-27-19(20)30/h3-4,7,10,12-13,28H,5-6,8-9,11H2,1-2H3,(H,27,30). The Hall–Kier alpha value is -2.87. The molecule has 35 heavy (non-hydrogen) atoms. The largest absolute Gasteiger partial charge is 0.534 e. The summed E-state index contributed by atoms with van der Waals surface area (Å²) >= 11 is 0. The van der Waals surface area contributed by atoms with Gasteiger partial charge in [0.25, 0.3) is 0 Å². The van der Waals surface area contributed by atoms with Gasteiger partial charge < -0.3 is 19.6 Å². The second-order valence-corrected chi connectivity index (χ2v) is 10.4. The maximum atomic E-state index is 14.7. The SMILES string of the molecule is CN1CCC2CC1(C)C(=O)NCC(F)COc1c(OS(=O)(=O)C(F)(F)F)ccc3ncc(cc13)N2. The zero-order valence-corrected chi connectivity index (χ0v) is 19.7. The van der Waals surface area contributed by atoms with Crippen LogP contribution in [0.25, 0.3) is 10.9 Å². The van der Waals surface area contributed by atoms with E-state index in [1.807, 2.05) is 11.9 Å². The number of likely N-dealkylation sites (tertiary alicyclic amines) is 1. The van der Waals surface area contributed by atoms with Crippen molar-refractivity contribution in [3.63, 3.8) is 0 Å². The highest BCUT2D eigenvalue weighted by Crippen LogP contribution is 2.40. The number of pyridine rings is 1. The van der Waals surface area contributed by atoms with Crippen LogP contribution in [0.4, 0.5) is 23.2 Å². The van der Waals surface area contributed by atoms with E-state index in [1.165, 1.54) is 18.3 Å². The van der Waals surface area contributed by atoms with Gasteiger partial charge >= 0.3 is 15.6 Å². The average Bonchev–Trinajstić information content (AvgIpc) is 2.77. The van der Waals surface area contributed by atoms with Crippen molar-refractivity contribution in [3.8, 4) is 11.5 Å². The number of benzene rings is 1. The number of hydrogen-bond acceptors (Lipinski definition) is 8. The van der Waals surface area contributed by atoms with E-state index in [2.05, 4.69) is 19.8 Å². The fraction of sp³-hybridized carbons (Fsp3) is 0.524. The third kappa shape index (κ3) is 4.94. The van der Waals surface area contributed by atoms with Crippen LogP contribution >= 0.6 is 0 Å². The van der Waals surface area contributed by atoms with Crippen LogP contribution in [-0.2, 0) is 14.9 Å². The number of nitrogens with one attached hydrogen (secondary N) is 2. The third-order valence-corrected chi connectivity index (χ3v) is 7.28. The lowest BCUT2D eigenvalue weighted by Gasteiger charge is -2.45. The Bertz CT molecular complexity index is 1240. The highest BCUT2D eigenvalue weighted by molar-refractivity contribution is 7.88. The summed E-state index contributed by atoms with van der Waals surface area (Å²) in [4.78, 5) is 19.1. The first-order valence-corrected chi connectivity index (χ1v) is 12.2. The van der Waals surface area contributed by atoms with Gasteiger partial charge in [-0.25, -0.2) is 4.39 Å². The van der Waals surface area contributed by atoms with E-state index in [0.29, 0.717) is 25.1 Å². The highest BCUT2D eigenvalue weighted by atomic mass is 32.2. The minimum absolute atomic E-state index is 0.133. The van der Waals surface area contributed by atoms with Gasteiger partial charge in [0.1, 0.15) is 6.61 Å². The number of nitrogens with zero attached hydrogens (tertiary/aromatic N) is 2. The summed E-state index contributed by atoms with van der Waals surface area (Å²) in [7, 11) is -4.19. The summed E-state index contributed by atoms with van der Waals surface area (Å²) in [5.41, 5.74) is -5.84. The smallest absolute Gasteiger partial charge is 0.486 e. The Kier molecular flexibility index (Phi) is 6.47. The first-order valence-electron chi connectivity index (χ1n) is 10.8. The molecule has 4 rings (SSSR count). The van der Waals surface area contributed by atoms with Crippen LogP contribution in [0.15, 0.2) is 24.4 Å². The van der Waals surface area contributed by atoms with E-state index < -0.39 is 52.0 Å². The number of likely N-dealkylation sites (N-methyl/N-ethyl adjacent to an activating group) is 1. The summed E-state index contributed by atoms with van der Waals surface area (Å²) in [5, 5.41) is 5.98. The number of hydrogen-bond donors (Lipinski definition) is 2. The van der Waals surface area contributed by atoms with Crippen molar-refractivity contribution in [2.24, 2.45) is 0 Å². The maximum Gasteiger partial charge on any atom is 0.534 e. The predicted octanol–water partition coefficient (Wildman–Crippen LogP) is 2.57. The second-order valence-electron chi connectivity index (χ2n) is 8.81. The number of aromatic nitrogens is 1. The molecule has 3 heterocycles. The van der Waals surface area contributed by atoms with Gasteiger partial charge in [-0.2, -0.15) is 21.6 Å². The second kappa shape index (κ2) is 8.97. The topological polar surface area (TPSA) is 110 Å². The van der Waals surface area contributed by atoms with Crippen LogP contribution in [0.1, 0.15) is 19.8 Å². The van der Waals surface area contributed by atoms with Crippen LogP contribution in [-0.4, -0.2) is 74.2 Å². The summed E-state index contributed by atoms with van der Waals surface area (Å²) in [6, 6.07) is 3.58. The fourth-order valence-electron chi connectivity index (χ4n) is 4.20. The van der Waals surface area contributed by atoms with E-state index in [4.69, 9.17) is 4.74 Å². The van der Waals surface area contributed by atoms with Crippen LogP contribution in [0.3, 0.4) is 0 Å².